The minimum Gasteiger partial charge on any atom is -0.497 e. The van der Waals surface area contributed by atoms with Gasteiger partial charge in [-0.15, -0.1) is 11.3 Å². The number of amides is 1. The number of aromatic nitrogens is 2. The van der Waals surface area contributed by atoms with Crippen LogP contribution >= 0.6 is 11.3 Å². The van der Waals surface area contributed by atoms with Gasteiger partial charge in [-0.2, -0.15) is 0 Å². The summed E-state index contributed by atoms with van der Waals surface area (Å²) >= 11 is 1.46. The van der Waals surface area contributed by atoms with Crippen LogP contribution < -0.4 is 10.3 Å². The molecule has 0 bridgehead atoms. The van der Waals surface area contributed by atoms with E-state index in [4.69, 9.17) is 4.74 Å². The zero-order chi connectivity index (χ0) is 22.7. The fourth-order valence-electron chi connectivity index (χ4n) is 3.61. The number of carbonyl (C=O) groups is 1. The van der Waals surface area contributed by atoms with Crippen LogP contribution in [0.1, 0.15) is 17.5 Å². The maximum Gasteiger partial charge on any atom is 0.262 e. The SMILES string of the molecule is COc1cccc(CN(C)C(=O)CCn2cnc3scc(-c4ccc(C)cc4)c3c2=O)c1. The molecule has 2 heterocycles. The van der Waals surface area contributed by atoms with Crippen molar-refractivity contribution in [1.82, 2.24) is 14.5 Å². The van der Waals surface area contributed by atoms with E-state index in [0.29, 0.717) is 16.8 Å². The smallest absolute Gasteiger partial charge is 0.262 e. The summed E-state index contributed by atoms with van der Waals surface area (Å²) in [6.07, 6.45) is 1.76. The highest BCUT2D eigenvalue weighted by Crippen LogP contribution is 2.30. The first-order valence-electron chi connectivity index (χ1n) is 10.4. The van der Waals surface area contributed by atoms with Crippen LogP contribution in [0.3, 0.4) is 0 Å². The fraction of sp³-hybridized carbons (Fsp3) is 0.240. The summed E-state index contributed by atoms with van der Waals surface area (Å²) in [4.78, 5) is 32.7. The number of nitrogens with zero attached hydrogens (tertiary/aromatic N) is 3. The molecular formula is C25H25N3O3S. The lowest BCUT2D eigenvalue weighted by molar-refractivity contribution is -0.130. The first-order chi connectivity index (χ1) is 15.5. The number of methoxy groups -OCH3 is 1. The van der Waals surface area contributed by atoms with Crippen molar-refractivity contribution in [1.29, 1.82) is 0 Å². The summed E-state index contributed by atoms with van der Waals surface area (Å²) in [5.41, 5.74) is 3.92. The second-order valence-corrected chi connectivity index (χ2v) is 8.65. The Bertz CT molecular complexity index is 1310. The maximum absolute atomic E-state index is 13.2. The van der Waals surface area contributed by atoms with E-state index in [1.807, 2.05) is 60.8 Å². The number of benzene rings is 2. The highest BCUT2D eigenvalue weighted by molar-refractivity contribution is 7.17. The molecule has 0 aliphatic heterocycles. The second kappa shape index (κ2) is 9.36. The molecule has 0 saturated carbocycles. The molecule has 2 aromatic carbocycles. The molecule has 0 fully saturated rings. The fourth-order valence-corrected chi connectivity index (χ4v) is 4.52. The van der Waals surface area contributed by atoms with Crippen molar-refractivity contribution in [3.8, 4) is 16.9 Å². The summed E-state index contributed by atoms with van der Waals surface area (Å²) in [5, 5.41) is 2.58. The van der Waals surface area contributed by atoms with Gasteiger partial charge in [0.05, 0.1) is 18.8 Å². The predicted octanol–water partition coefficient (Wildman–Crippen LogP) is 4.49. The van der Waals surface area contributed by atoms with E-state index < -0.39 is 0 Å². The molecule has 1 amide bonds. The Morgan fingerprint density at radius 1 is 1.19 bits per heavy atom. The average molecular weight is 448 g/mol. The van der Waals surface area contributed by atoms with Gasteiger partial charge in [0.2, 0.25) is 5.91 Å². The van der Waals surface area contributed by atoms with Crippen molar-refractivity contribution < 1.29 is 9.53 Å². The predicted molar refractivity (Wildman–Crippen MR) is 128 cm³/mol. The molecule has 4 rings (SSSR count). The third kappa shape index (κ3) is 4.57. The van der Waals surface area contributed by atoms with Gasteiger partial charge in [-0.25, -0.2) is 4.98 Å². The molecule has 0 N–H and O–H groups in total. The molecule has 7 heteroatoms. The standard InChI is InChI=1S/C25H25N3O3S/c1-17-7-9-19(10-8-17)21-15-32-24-23(21)25(30)28(16-26-24)12-11-22(29)27(2)14-18-5-4-6-20(13-18)31-3/h4-10,13,15-16H,11-12,14H2,1-3H3. The maximum atomic E-state index is 13.2. The molecule has 0 saturated heterocycles. The quantitative estimate of drug-likeness (QED) is 0.419. The Morgan fingerprint density at radius 2 is 1.97 bits per heavy atom. The number of fused-ring (bicyclic) bond motifs is 1. The van der Waals surface area contributed by atoms with Gasteiger partial charge in [0.15, 0.2) is 0 Å². The van der Waals surface area contributed by atoms with E-state index in [1.54, 1.807) is 19.1 Å². The molecule has 0 atom stereocenters. The Labute approximate surface area is 190 Å². The van der Waals surface area contributed by atoms with Crippen LogP contribution in [0.2, 0.25) is 0 Å². The average Bonchev–Trinajstić information content (AvgIpc) is 3.24. The summed E-state index contributed by atoms with van der Waals surface area (Å²) in [6.45, 7) is 2.79. The number of hydrogen-bond acceptors (Lipinski definition) is 5. The van der Waals surface area contributed by atoms with Gasteiger partial charge in [-0.3, -0.25) is 14.2 Å². The number of aryl methyl sites for hydroxylation is 2. The van der Waals surface area contributed by atoms with E-state index >= 15 is 0 Å². The zero-order valence-corrected chi connectivity index (χ0v) is 19.2. The normalized spacial score (nSPS) is 11.0. The highest BCUT2D eigenvalue weighted by atomic mass is 32.1. The molecule has 0 spiro atoms. The number of ether oxygens (including phenoxy) is 1. The van der Waals surface area contributed by atoms with E-state index in [2.05, 4.69) is 4.98 Å². The topological polar surface area (TPSA) is 64.4 Å². The van der Waals surface area contributed by atoms with Gasteiger partial charge >= 0.3 is 0 Å². The van der Waals surface area contributed by atoms with Crippen molar-refractivity contribution in [2.24, 2.45) is 0 Å². The van der Waals surface area contributed by atoms with Crippen LogP contribution in [0.15, 0.2) is 65.0 Å². The Balaban J connectivity index is 1.50. The molecule has 0 radical (unpaired) electrons. The minimum absolute atomic E-state index is 0.0381. The van der Waals surface area contributed by atoms with Crippen LogP contribution in [0.5, 0.6) is 5.75 Å². The van der Waals surface area contributed by atoms with Crippen LogP contribution in [0.4, 0.5) is 0 Å². The molecule has 0 aliphatic carbocycles. The Hall–Kier alpha value is -3.45. The summed E-state index contributed by atoms with van der Waals surface area (Å²) in [6, 6.07) is 15.7. The lowest BCUT2D eigenvalue weighted by Gasteiger charge is -2.18. The van der Waals surface area contributed by atoms with Crippen LogP contribution in [-0.4, -0.2) is 34.5 Å². The van der Waals surface area contributed by atoms with Gasteiger partial charge in [0.1, 0.15) is 10.6 Å². The summed E-state index contributed by atoms with van der Waals surface area (Å²) in [7, 11) is 3.38. The third-order valence-corrected chi connectivity index (χ3v) is 6.36. The third-order valence-electron chi connectivity index (χ3n) is 5.47. The summed E-state index contributed by atoms with van der Waals surface area (Å²) in [5.74, 6) is 0.721. The van der Waals surface area contributed by atoms with E-state index in [1.165, 1.54) is 27.8 Å². The van der Waals surface area contributed by atoms with Crippen molar-refractivity contribution in [2.75, 3.05) is 14.2 Å². The number of carbonyl (C=O) groups excluding carboxylic acids is 1. The number of thiophene rings is 1. The Morgan fingerprint density at radius 3 is 2.72 bits per heavy atom. The molecule has 0 aliphatic rings. The molecule has 164 valence electrons. The lowest BCUT2D eigenvalue weighted by Crippen LogP contribution is -2.29. The first kappa shape index (κ1) is 21.8. The second-order valence-electron chi connectivity index (χ2n) is 7.79. The monoisotopic (exact) mass is 447 g/mol. The molecule has 2 aromatic heterocycles. The van der Waals surface area contributed by atoms with Gasteiger partial charge < -0.3 is 9.64 Å². The van der Waals surface area contributed by atoms with Gasteiger partial charge in [-0.1, -0.05) is 42.0 Å². The molecule has 0 unspecified atom stereocenters. The molecule has 32 heavy (non-hydrogen) atoms. The van der Waals surface area contributed by atoms with Crippen molar-refractivity contribution in [2.45, 2.75) is 26.4 Å². The molecular weight excluding hydrogens is 422 g/mol. The van der Waals surface area contributed by atoms with Gasteiger partial charge in [0, 0.05) is 37.5 Å². The van der Waals surface area contributed by atoms with Crippen LogP contribution in [0.25, 0.3) is 21.3 Å². The lowest BCUT2D eigenvalue weighted by atomic mass is 10.1. The Kier molecular flexibility index (Phi) is 6.37. The van der Waals surface area contributed by atoms with E-state index in [0.717, 1.165) is 22.4 Å². The largest absolute Gasteiger partial charge is 0.497 e. The van der Waals surface area contributed by atoms with E-state index in [9.17, 15) is 9.59 Å². The summed E-state index contributed by atoms with van der Waals surface area (Å²) < 4.78 is 6.78. The molecule has 6 nitrogen and oxygen atoms in total. The van der Waals surface area contributed by atoms with Gasteiger partial charge in [0.25, 0.3) is 5.56 Å². The minimum atomic E-state index is -0.116. The van der Waals surface area contributed by atoms with Gasteiger partial charge in [-0.05, 0) is 30.2 Å². The zero-order valence-electron chi connectivity index (χ0n) is 18.4. The number of hydrogen-bond donors (Lipinski definition) is 0. The van der Waals surface area contributed by atoms with Crippen LogP contribution in [-0.2, 0) is 17.9 Å². The van der Waals surface area contributed by atoms with Crippen molar-refractivity contribution >= 4 is 27.5 Å². The molecule has 4 aromatic rings. The van der Waals surface area contributed by atoms with Crippen LogP contribution in [0, 0.1) is 6.92 Å². The van der Waals surface area contributed by atoms with Crippen molar-refractivity contribution in [3.63, 3.8) is 0 Å². The highest BCUT2D eigenvalue weighted by Gasteiger charge is 2.15. The van der Waals surface area contributed by atoms with E-state index in [-0.39, 0.29) is 24.4 Å². The number of rotatable bonds is 7. The first-order valence-corrected chi connectivity index (χ1v) is 11.2. The van der Waals surface area contributed by atoms with Crippen molar-refractivity contribution in [3.05, 3.63) is 81.7 Å².